The Kier molecular flexibility index (Phi) is 5.87. The first-order chi connectivity index (χ1) is 10.5. The Morgan fingerprint density at radius 2 is 1.91 bits per heavy atom. The molecule has 0 amide bonds. The minimum absolute atomic E-state index is 0.0509. The molecule has 2 aliphatic rings. The van der Waals surface area contributed by atoms with E-state index in [0.29, 0.717) is 5.92 Å². The topological polar surface area (TPSA) is 63.6 Å². The smallest absolute Gasteiger partial charge is 0.310 e. The van der Waals surface area contributed by atoms with Gasteiger partial charge in [-0.25, -0.2) is 0 Å². The lowest BCUT2D eigenvalue weighted by atomic mass is 9.74. The zero-order valence-corrected chi connectivity index (χ0v) is 14.1. The third kappa shape index (κ3) is 3.47. The molecule has 0 aromatic rings. The molecule has 4 nitrogen and oxygen atoms in total. The van der Waals surface area contributed by atoms with Crippen LogP contribution in [0.15, 0.2) is 0 Å². The molecular weight excluding hydrogens is 280 g/mol. The number of fused-ring (bicyclic) bond motifs is 2. The van der Waals surface area contributed by atoms with Crippen LogP contribution in [0.4, 0.5) is 0 Å². The summed E-state index contributed by atoms with van der Waals surface area (Å²) in [5.74, 6) is -1.24. The van der Waals surface area contributed by atoms with Crippen LogP contribution < -0.4 is 0 Å². The van der Waals surface area contributed by atoms with Gasteiger partial charge in [-0.3, -0.25) is 9.59 Å². The van der Waals surface area contributed by atoms with Gasteiger partial charge in [0, 0.05) is 0 Å². The number of ether oxygens (including phenoxy) is 1. The second-order valence-corrected chi connectivity index (χ2v) is 7.23. The number of carbonyl (C=O) groups is 2. The monoisotopic (exact) mass is 310 g/mol. The summed E-state index contributed by atoms with van der Waals surface area (Å²) < 4.78 is 5.70. The van der Waals surface area contributed by atoms with Gasteiger partial charge in [-0.05, 0) is 49.9 Å². The van der Waals surface area contributed by atoms with Crippen LogP contribution in [0.5, 0.6) is 0 Å². The molecule has 0 aliphatic heterocycles. The molecular formula is C18H30O4. The first-order valence-electron chi connectivity index (χ1n) is 8.92. The maximum Gasteiger partial charge on any atom is 0.310 e. The Bertz CT molecular complexity index is 406. The van der Waals surface area contributed by atoms with Gasteiger partial charge >= 0.3 is 11.9 Å². The molecule has 126 valence electrons. The van der Waals surface area contributed by atoms with Crippen molar-refractivity contribution in [2.24, 2.45) is 29.6 Å². The minimum atomic E-state index is -0.819. The van der Waals surface area contributed by atoms with E-state index >= 15 is 0 Å². The zero-order valence-electron chi connectivity index (χ0n) is 14.1. The Labute approximate surface area is 133 Å². The normalized spacial score (nSPS) is 34.6. The second-order valence-electron chi connectivity index (χ2n) is 7.23. The predicted octanol–water partition coefficient (Wildman–Crippen LogP) is 3.88. The fourth-order valence-corrected chi connectivity index (χ4v) is 4.57. The molecule has 2 bridgehead atoms. The molecule has 2 fully saturated rings. The quantitative estimate of drug-likeness (QED) is 0.546. The van der Waals surface area contributed by atoms with Gasteiger partial charge in [0.1, 0.15) is 6.10 Å². The van der Waals surface area contributed by atoms with Gasteiger partial charge in [0.2, 0.25) is 0 Å². The molecule has 2 rings (SSSR count). The number of carboxylic acid groups (broad SMARTS) is 1. The van der Waals surface area contributed by atoms with Crippen molar-refractivity contribution in [1.29, 1.82) is 0 Å². The highest BCUT2D eigenvalue weighted by Gasteiger charge is 2.57. The van der Waals surface area contributed by atoms with E-state index in [2.05, 4.69) is 13.8 Å². The predicted molar refractivity (Wildman–Crippen MR) is 84.3 cm³/mol. The standard InChI is InChI=1S/C18H30O4/c1-4-6-7-8-13(5-2)22-18(21)15-12-9-11(3)14(10-12)16(15)17(19)20/h11-16H,4-10H2,1-3H3,(H,19,20). The van der Waals surface area contributed by atoms with Crippen LogP contribution in [-0.4, -0.2) is 23.1 Å². The van der Waals surface area contributed by atoms with E-state index in [1.807, 2.05) is 6.92 Å². The second kappa shape index (κ2) is 7.47. The minimum Gasteiger partial charge on any atom is -0.481 e. The average molecular weight is 310 g/mol. The van der Waals surface area contributed by atoms with E-state index in [1.165, 1.54) is 0 Å². The number of hydrogen-bond acceptors (Lipinski definition) is 3. The van der Waals surface area contributed by atoms with Gasteiger partial charge in [-0.15, -0.1) is 0 Å². The third-order valence-corrected chi connectivity index (χ3v) is 5.76. The van der Waals surface area contributed by atoms with Crippen LogP contribution in [0.3, 0.4) is 0 Å². The average Bonchev–Trinajstić information content (AvgIpc) is 3.02. The van der Waals surface area contributed by atoms with E-state index in [9.17, 15) is 14.7 Å². The van der Waals surface area contributed by atoms with Gasteiger partial charge in [0.05, 0.1) is 11.8 Å². The third-order valence-electron chi connectivity index (χ3n) is 5.76. The molecule has 0 radical (unpaired) electrons. The summed E-state index contributed by atoms with van der Waals surface area (Å²) in [6, 6.07) is 0. The van der Waals surface area contributed by atoms with Gasteiger partial charge in [-0.2, -0.15) is 0 Å². The molecule has 22 heavy (non-hydrogen) atoms. The Hall–Kier alpha value is -1.06. The number of unbranched alkanes of at least 4 members (excludes halogenated alkanes) is 2. The van der Waals surface area contributed by atoms with E-state index in [4.69, 9.17) is 4.74 Å². The number of carbonyl (C=O) groups excluding carboxylic acids is 1. The summed E-state index contributed by atoms with van der Waals surface area (Å²) in [6.45, 7) is 6.30. The van der Waals surface area contributed by atoms with Crippen molar-refractivity contribution in [3.8, 4) is 0 Å². The van der Waals surface area contributed by atoms with Crippen LogP contribution in [0.1, 0.15) is 65.7 Å². The number of aliphatic carboxylic acids is 1. The summed E-state index contributed by atoms with van der Waals surface area (Å²) in [5.41, 5.74) is 0. The number of rotatable bonds is 8. The largest absolute Gasteiger partial charge is 0.481 e. The van der Waals surface area contributed by atoms with Crippen molar-refractivity contribution in [3.63, 3.8) is 0 Å². The number of carboxylic acids is 1. The highest BCUT2D eigenvalue weighted by Crippen LogP contribution is 2.55. The maximum absolute atomic E-state index is 12.6. The van der Waals surface area contributed by atoms with E-state index in [1.54, 1.807) is 0 Å². The van der Waals surface area contributed by atoms with E-state index < -0.39 is 17.8 Å². The Morgan fingerprint density at radius 3 is 2.50 bits per heavy atom. The zero-order chi connectivity index (χ0) is 16.3. The van der Waals surface area contributed by atoms with Gasteiger partial charge < -0.3 is 9.84 Å². The molecule has 0 spiro atoms. The van der Waals surface area contributed by atoms with Crippen molar-refractivity contribution in [2.75, 3.05) is 0 Å². The van der Waals surface area contributed by atoms with Gasteiger partial charge in [-0.1, -0.05) is 33.6 Å². The Morgan fingerprint density at radius 1 is 1.18 bits per heavy atom. The highest BCUT2D eigenvalue weighted by molar-refractivity contribution is 5.83. The van der Waals surface area contributed by atoms with E-state index in [0.717, 1.165) is 44.9 Å². The van der Waals surface area contributed by atoms with Crippen molar-refractivity contribution in [1.82, 2.24) is 0 Å². The number of esters is 1. The van der Waals surface area contributed by atoms with Crippen molar-refractivity contribution >= 4 is 11.9 Å². The molecule has 0 heterocycles. The molecule has 0 saturated heterocycles. The van der Waals surface area contributed by atoms with Crippen LogP contribution in [0.25, 0.3) is 0 Å². The first kappa shape index (κ1) is 17.3. The summed E-state index contributed by atoms with van der Waals surface area (Å²) in [7, 11) is 0. The Balaban J connectivity index is 1.97. The molecule has 2 aliphatic carbocycles. The summed E-state index contributed by atoms with van der Waals surface area (Å²) in [5, 5.41) is 9.53. The lowest BCUT2D eigenvalue weighted by Gasteiger charge is -2.31. The van der Waals surface area contributed by atoms with Crippen molar-refractivity contribution in [3.05, 3.63) is 0 Å². The van der Waals surface area contributed by atoms with Crippen LogP contribution in [-0.2, 0) is 14.3 Å². The molecule has 2 saturated carbocycles. The summed E-state index contributed by atoms with van der Waals surface area (Å²) >= 11 is 0. The SMILES string of the molecule is CCCCCC(CC)OC(=O)C1C2CC(C)C(C2)C1C(=O)O. The highest BCUT2D eigenvalue weighted by atomic mass is 16.5. The van der Waals surface area contributed by atoms with Gasteiger partial charge in [0.25, 0.3) is 0 Å². The maximum atomic E-state index is 12.6. The molecule has 6 unspecified atom stereocenters. The number of hydrogen-bond donors (Lipinski definition) is 1. The molecule has 0 aromatic carbocycles. The van der Waals surface area contributed by atoms with Gasteiger partial charge in [0.15, 0.2) is 0 Å². The molecule has 1 N–H and O–H groups in total. The lowest BCUT2D eigenvalue weighted by molar-refractivity contribution is -0.165. The first-order valence-corrected chi connectivity index (χ1v) is 8.92. The molecule has 6 atom stereocenters. The van der Waals surface area contributed by atoms with Crippen LogP contribution in [0.2, 0.25) is 0 Å². The summed E-state index contributed by atoms with van der Waals surface area (Å²) in [6.07, 6.45) is 6.87. The van der Waals surface area contributed by atoms with Crippen molar-refractivity contribution in [2.45, 2.75) is 71.8 Å². The summed E-state index contributed by atoms with van der Waals surface area (Å²) in [4.78, 5) is 24.2. The fraction of sp³-hybridized carbons (Fsp3) is 0.889. The van der Waals surface area contributed by atoms with Crippen molar-refractivity contribution < 1.29 is 19.4 Å². The van der Waals surface area contributed by atoms with Crippen LogP contribution in [0, 0.1) is 29.6 Å². The molecule has 4 heteroatoms. The molecule has 0 aromatic heterocycles. The lowest BCUT2D eigenvalue weighted by Crippen LogP contribution is -2.39. The van der Waals surface area contributed by atoms with E-state index in [-0.39, 0.29) is 23.9 Å². The van der Waals surface area contributed by atoms with Crippen LogP contribution >= 0.6 is 0 Å². The fourth-order valence-electron chi connectivity index (χ4n) is 4.57.